The lowest BCUT2D eigenvalue weighted by molar-refractivity contribution is -0.125. The predicted octanol–water partition coefficient (Wildman–Crippen LogP) is 2.49. The van der Waals surface area contributed by atoms with Crippen LogP contribution in [0.2, 0.25) is 0 Å². The number of sulfonamides is 1. The van der Waals surface area contributed by atoms with Crippen molar-refractivity contribution in [3.8, 4) is 5.75 Å². The van der Waals surface area contributed by atoms with Crippen molar-refractivity contribution < 1.29 is 27.5 Å². The molecule has 2 heterocycles. The monoisotopic (exact) mass is 648 g/mol. The Morgan fingerprint density at radius 2 is 1.69 bits per heavy atom. The third kappa shape index (κ3) is 7.95. The summed E-state index contributed by atoms with van der Waals surface area (Å²) in [5.74, 6) is 0.469. The van der Waals surface area contributed by atoms with Crippen LogP contribution in [-0.4, -0.2) is 67.5 Å². The summed E-state index contributed by atoms with van der Waals surface area (Å²) in [7, 11) is -2.18. The van der Waals surface area contributed by atoms with E-state index in [1.807, 2.05) is 48.5 Å². The topological polar surface area (TPSA) is 173 Å². The van der Waals surface area contributed by atoms with E-state index in [0.717, 1.165) is 28.6 Å². The van der Waals surface area contributed by atoms with E-state index in [9.17, 15) is 22.8 Å². The van der Waals surface area contributed by atoms with Gasteiger partial charge in [0.15, 0.2) is 5.17 Å². The maximum Gasteiger partial charge on any atom is 0.259 e. The molecule has 0 saturated heterocycles. The van der Waals surface area contributed by atoms with Gasteiger partial charge in [-0.3, -0.25) is 19.4 Å². The van der Waals surface area contributed by atoms with Gasteiger partial charge in [0, 0.05) is 25.1 Å². The highest BCUT2D eigenvalue weighted by Gasteiger charge is 2.41. The van der Waals surface area contributed by atoms with Gasteiger partial charge in [-0.05, 0) is 60.4 Å². The molecule has 0 bridgehead atoms. The van der Waals surface area contributed by atoms with Crippen LogP contribution in [0.5, 0.6) is 5.75 Å². The lowest BCUT2D eigenvalue weighted by Crippen LogP contribution is -2.42. The lowest BCUT2D eigenvalue weighted by atomic mass is 10.1. The number of amides is 3. The highest BCUT2D eigenvalue weighted by molar-refractivity contribution is 8.14. The normalized spacial score (nSPS) is 15.5. The average molecular weight is 649 g/mol. The number of carbonyl (C=O) groups is 3. The van der Waals surface area contributed by atoms with Crippen molar-refractivity contribution in [2.45, 2.75) is 36.7 Å². The van der Waals surface area contributed by atoms with Gasteiger partial charge in [-0.15, -0.1) is 0 Å². The molecule has 0 aromatic heterocycles. The maximum absolute atomic E-state index is 13.5. The number of carbonyl (C=O) groups excluding carboxylic acids is 3. The molecule has 234 valence electrons. The molecule has 0 aliphatic carbocycles. The van der Waals surface area contributed by atoms with E-state index in [4.69, 9.17) is 9.88 Å². The number of ether oxygens (including phenoxy) is 1. The Morgan fingerprint density at radius 1 is 0.978 bits per heavy atom. The summed E-state index contributed by atoms with van der Waals surface area (Å²) in [5, 5.41) is 11.2. The van der Waals surface area contributed by atoms with Crippen molar-refractivity contribution in [3.05, 3.63) is 89.5 Å². The molecule has 3 aromatic rings. The number of amidine groups is 2. The maximum atomic E-state index is 13.5. The third-order valence-corrected chi connectivity index (χ3v) is 9.03. The molecule has 0 unspecified atom stereocenters. The second-order valence-corrected chi connectivity index (χ2v) is 12.8. The second-order valence-electron chi connectivity index (χ2n) is 10.3. The fraction of sp³-hybridized carbons (Fsp3) is 0.258. The number of primary sulfonamides is 1. The summed E-state index contributed by atoms with van der Waals surface area (Å²) in [5.41, 5.74) is 3.12. The summed E-state index contributed by atoms with van der Waals surface area (Å²) >= 11 is 1.13. The number of methoxy groups -OCH3 is 1. The first-order valence-corrected chi connectivity index (χ1v) is 16.7. The Morgan fingerprint density at radius 3 is 2.40 bits per heavy atom. The molecule has 4 N–H and O–H groups in total. The molecule has 12 nitrogen and oxygen atoms in total. The molecule has 5 rings (SSSR count). The number of thioether (sulfide) groups is 1. The summed E-state index contributed by atoms with van der Waals surface area (Å²) in [6, 6.07) is 20.1. The van der Waals surface area contributed by atoms with Crippen LogP contribution in [0.4, 0.5) is 5.69 Å². The van der Waals surface area contributed by atoms with E-state index in [1.165, 1.54) is 17.0 Å². The fourth-order valence-corrected chi connectivity index (χ4v) is 6.11. The Balaban J connectivity index is 1.15. The van der Waals surface area contributed by atoms with Crippen molar-refractivity contribution in [3.63, 3.8) is 0 Å². The molecule has 0 radical (unpaired) electrons. The zero-order chi connectivity index (χ0) is 32.0. The summed E-state index contributed by atoms with van der Waals surface area (Å²) < 4.78 is 28.0. The molecule has 0 fully saturated rings. The number of para-hydroxylation sites is 1. The van der Waals surface area contributed by atoms with Crippen molar-refractivity contribution in [2.75, 3.05) is 19.4 Å². The van der Waals surface area contributed by atoms with Crippen LogP contribution in [0.15, 0.2) is 87.7 Å². The number of benzene rings is 3. The van der Waals surface area contributed by atoms with Crippen LogP contribution in [0.1, 0.15) is 29.5 Å². The van der Waals surface area contributed by atoms with Crippen LogP contribution in [0, 0.1) is 0 Å². The summed E-state index contributed by atoms with van der Waals surface area (Å²) in [6.45, 7) is 0.692. The van der Waals surface area contributed by atoms with Crippen LogP contribution >= 0.6 is 11.8 Å². The highest BCUT2D eigenvalue weighted by atomic mass is 32.2. The molecule has 2 aliphatic heterocycles. The minimum atomic E-state index is -3.77. The smallest absolute Gasteiger partial charge is 0.259 e. The molecule has 45 heavy (non-hydrogen) atoms. The molecular weight excluding hydrogens is 617 g/mol. The van der Waals surface area contributed by atoms with Gasteiger partial charge < -0.3 is 15.4 Å². The van der Waals surface area contributed by atoms with Crippen LogP contribution < -0.4 is 20.5 Å². The van der Waals surface area contributed by atoms with Crippen LogP contribution in [0.25, 0.3) is 0 Å². The Hall–Kier alpha value is -4.53. The van der Waals surface area contributed by atoms with Crippen molar-refractivity contribution in [1.29, 1.82) is 0 Å². The molecule has 3 amide bonds. The van der Waals surface area contributed by atoms with E-state index < -0.39 is 16.1 Å². The Kier molecular flexibility index (Phi) is 9.96. The van der Waals surface area contributed by atoms with E-state index in [1.54, 1.807) is 19.2 Å². The number of nitrogens with two attached hydrogens (primary N) is 1. The average Bonchev–Trinajstić information content (AvgIpc) is 3.38. The van der Waals surface area contributed by atoms with Gasteiger partial charge in [-0.2, -0.15) is 0 Å². The Bertz CT molecular complexity index is 1760. The van der Waals surface area contributed by atoms with Crippen LogP contribution in [-0.2, 0) is 37.4 Å². The number of rotatable bonds is 12. The standard InChI is InChI=1S/C31H32N6O6S2/c1-43-22-10-6-21(7-11-22)18-34-27(38)15-14-26-30(40)37-29(35-26)24-4-2-3-5-25(24)36-31(37)44-19-28(39)33-17-16-20-8-12-23(13-9-20)45(32,41)42/h2-13,26H,14-19H2,1H3,(H,33,39)(H,34,38)(H2,32,41,42)/t26-/m1/s1. The van der Waals surface area contributed by atoms with Gasteiger partial charge in [0.05, 0.1) is 23.4 Å². The Labute approximate surface area is 265 Å². The van der Waals surface area contributed by atoms with Crippen molar-refractivity contribution >= 4 is 56.2 Å². The number of fused-ring (bicyclic) bond motifs is 3. The number of nitrogens with zero attached hydrogens (tertiary/aromatic N) is 3. The first-order chi connectivity index (χ1) is 21.6. The molecule has 3 aromatic carbocycles. The zero-order valence-corrected chi connectivity index (χ0v) is 26.1. The van der Waals surface area contributed by atoms with Gasteiger partial charge in [-0.1, -0.05) is 48.2 Å². The third-order valence-electron chi connectivity index (χ3n) is 7.16. The first kappa shape index (κ1) is 31.9. The molecule has 0 spiro atoms. The SMILES string of the molecule is COc1ccc(CNC(=O)CC[C@H]2N=C3c4ccccc4N=C(SCC(=O)NCCc4ccc(S(N)(=O)=O)cc4)N3C2=O)cc1. The van der Waals surface area contributed by atoms with E-state index in [0.29, 0.717) is 41.8 Å². The van der Waals surface area contributed by atoms with Gasteiger partial charge in [-0.25, -0.2) is 23.4 Å². The number of aliphatic imine (C=N–C) groups is 2. The lowest BCUT2D eigenvalue weighted by Gasteiger charge is -2.25. The minimum Gasteiger partial charge on any atom is -0.497 e. The molecular formula is C31H32N6O6S2. The summed E-state index contributed by atoms with van der Waals surface area (Å²) in [6.07, 6.45) is 0.837. The zero-order valence-electron chi connectivity index (χ0n) is 24.4. The van der Waals surface area contributed by atoms with Gasteiger partial charge in [0.2, 0.25) is 21.8 Å². The quantitative estimate of drug-likeness (QED) is 0.271. The molecule has 1 atom stereocenters. The number of hydrogen-bond acceptors (Lipinski definition) is 9. The molecule has 0 saturated carbocycles. The molecule has 14 heteroatoms. The second kappa shape index (κ2) is 14.1. The molecule has 2 aliphatic rings. The largest absolute Gasteiger partial charge is 0.497 e. The number of nitrogens with one attached hydrogen (secondary N) is 2. The number of hydrogen-bond donors (Lipinski definition) is 3. The van der Waals surface area contributed by atoms with E-state index in [-0.39, 0.29) is 41.2 Å². The van der Waals surface area contributed by atoms with Gasteiger partial charge in [0.1, 0.15) is 17.6 Å². The van der Waals surface area contributed by atoms with Gasteiger partial charge in [0.25, 0.3) is 5.91 Å². The summed E-state index contributed by atoms with van der Waals surface area (Å²) in [4.78, 5) is 49.5. The van der Waals surface area contributed by atoms with E-state index in [2.05, 4.69) is 20.6 Å². The minimum absolute atomic E-state index is 0.0147. The highest BCUT2D eigenvalue weighted by Crippen LogP contribution is 2.34. The van der Waals surface area contributed by atoms with Gasteiger partial charge >= 0.3 is 0 Å². The van der Waals surface area contributed by atoms with Crippen molar-refractivity contribution in [1.82, 2.24) is 15.5 Å². The predicted molar refractivity (Wildman–Crippen MR) is 172 cm³/mol. The van der Waals surface area contributed by atoms with E-state index >= 15 is 0 Å². The van der Waals surface area contributed by atoms with Crippen LogP contribution in [0.3, 0.4) is 0 Å². The fourth-order valence-electron chi connectivity index (χ4n) is 4.76. The first-order valence-electron chi connectivity index (χ1n) is 14.1. The van der Waals surface area contributed by atoms with Crippen molar-refractivity contribution in [2.24, 2.45) is 15.1 Å².